The van der Waals surface area contributed by atoms with Crippen molar-refractivity contribution in [1.29, 1.82) is 0 Å². The Bertz CT molecular complexity index is 1110. The van der Waals surface area contributed by atoms with Gasteiger partial charge in [-0.05, 0) is 36.8 Å². The summed E-state index contributed by atoms with van der Waals surface area (Å²) in [4.78, 5) is 23.9. The Balaban J connectivity index is 1.60. The molecule has 0 spiro atoms. The lowest BCUT2D eigenvalue weighted by molar-refractivity contribution is 0.0980. The molecule has 146 valence electrons. The molecule has 1 amide bonds. The second kappa shape index (κ2) is 8.63. The van der Waals surface area contributed by atoms with Gasteiger partial charge in [0.15, 0.2) is 0 Å². The zero-order chi connectivity index (χ0) is 20.2. The van der Waals surface area contributed by atoms with E-state index in [1.54, 1.807) is 22.4 Å². The summed E-state index contributed by atoms with van der Waals surface area (Å²) in [7, 11) is 0. The van der Waals surface area contributed by atoms with E-state index in [9.17, 15) is 9.18 Å². The molecule has 0 aliphatic carbocycles. The number of aromatic nitrogens is 2. The van der Waals surface area contributed by atoms with E-state index in [0.717, 1.165) is 21.3 Å². The molecule has 0 unspecified atom stereocenters. The van der Waals surface area contributed by atoms with E-state index in [1.165, 1.54) is 34.8 Å². The third-order valence-corrected chi connectivity index (χ3v) is 6.01. The molecule has 2 aromatic carbocycles. The third kappa shape index (κ3) is 4.75. The van der Waals surface area contributed by atoms with Crippen LogP contribution in [0.4, 0.5) is 10.1 Å². The van der Waals surface area contributed by atoms with E-state index in [0.29, 0.717) is 24.3 Å². The monoisotopic (exact) mass is 423 g/mol. The first-order chi connectivity index (χ1) is 14.1. The van der Waals surface area contributed by atoms with Crippen molar-refractivity contribution in [3.63, 3.8) is 0 Å². The number of hydrogen-bond acceptors (Lipinski definition) is 5. The molecule has 0 saturated carbocycles. The Morgan fingerprint density at radius 3 is 2.45 bits per heavy atom. The van der Waals surface area contributed by atoms with Crippen molar-refractivity contribution in [2.75, 3.05) is 4.90 Å². The first-order valence-electron chi connectivity index (χ1n) is 9.05. The van der Waals surface area contributed by atoms with Crippen LogP contribution in [0.3, 0.4) is 0 Å². The molecule has 4 nitrogen and oxygen atoms in total. The van der Waals surface area contributed by atoms with E-state index >= 15 is 0 Å². The quantitative estimate of drug-likeness (QED) is 0.412. The molecule has 2 aromatic heterocycles. The maximum atomic E-state index is 13.4. The summed E-state index contributed by atoms with van der Waals surface area (Å²) in [5, 5.41) is 5.53. The molecule has 4 rings (SSSR count). The topological polar surface area (TPSA) is 46.1 Å². The van der Waals surface area contributed by atoms with Crippen LogP contribution in [0, 0.1) is 12.7 Å². The van der Waals surface area contributed by atoms with E-state index in [4.69, 9.17) is 0 Å². The summed E-state index contributed by atoms with van der Waals surface area (Å²) >= 11 is 3.00. The highest BCUT2D eigenvalue weighted by Crippen LogP contribution is 2.23. The number of aryl methyl sites for hydroxylation is 1. The fourth-order valence-electron chi connectivity index (χ4n) is 2.94. The van der Waals surface area contributed by atoms with Crippen molar-refractivity contribution < 1.29 is 9.18 Å². The number of rotatable bonds is 6. The zero-order valence-electron chi connectivity index (χ0n) is 15.7. The SMILES string of the molecule is Cc1nc(CN(C(=O)c2csc(Cc3ccccc3)n2)c2ccc(F)cc2)cs1. The average Bonchev–Trinajstić information content (AvgIpc) is 3.36. The van der Waals surface area contributed by atoms with Gasteiger partial charge in [-0.1, -0.05) is 30.3 Å². The summed E-state index contributed by atoms with van der Waals surface area (Å²) in [6, 6.07) is 15.9. The number of nitrogens with zero attached hydrogens (tertiary/aromatic N) is 3. The molecule has 2 heterocycles. The summed E-state index contributed by atoms with van der Waals surface area (Å²) in [6.45, 7) is 2.23. The van der Waals surface area contributed by atoms with Gasteiger partial charge in [-0.2, -0.15) is 0 Å². The largest absolute Gasteiger partial charge is 0.301 e. The summed E-state index contributed by atoms with van der Waals surface area (Å²) < 4.78 is 13.4. The van der Waals surface area contributed by atoms with Gasteiger partial charge in [0.25, 0.3) is 5.91 Å². The minimum Gasteiger partial charge on any atom is -0.301 e. The highest BCUT2D eigenvalue weighted by atomic mass is 32.1. The average molecular weight is 424 g/mol. The molecule has 0 bridgehead atoms. The lowest BCUT2D eigenvalue weighted by Crippen LogP contribution is -2.31. The van der Waals surface area contributed by atoms with Gasteiger partial charge in [0, 0.05) is 22.9 Å². The molecule has 4 aromatic rings. The maximum absolute atomic E-state index is 13.4. The Kier molecular flexibility index (Phi) is 5.78. The van der Waals surface area contributed by atoms with Gasteiger partial charge in [-0.25, -0.2) is 14.4 Å². The van der Waals surface area contributed by atoms with Crippen LogP contribution in [0.25, 0.3) is 0 Å². The summed E-state index contributed by atoms with van der Waals surface area (Å²) in [5.41, 5.74) is 2.94. The van der Waals surface area contributed by atoms with Gasteiger partial charge in [0.1, 0.15) is 11.5 Å². The highest BCUT2D eigenvalue weighted by molar-refractivity contribution is 7.10. The second-order valence-corrected chi connectivity index (χ2v) is 8.52. The number of thiazole rings is 2. The number of benzene rings is 2. The van der Waals surface area contributed by atoms with Crippen molar-refractivity contribution in [1.82, 2.24) is 9.97 Å². The lowest BCUT2D eigenvalue weighted by atomic mass is 10.2. The van der Waals surface area contributed by atoms with Gasteiger partial charge in [-0.15, -0.1) is 22.7 Å². The molecule has 0 fully saturated rings. The summed E-state index contributed by atoms with van der Waals surface area (Å²) in [6.07, 6.45) is 0.681. The first-order valence-corrected chi connectivity index (χ1v) is 10.8. The molecule has 0 radical (unpaired) electrons. The standard InChI is InChI=1S/C22H18FN3OS2/c1-15-24-18(13-28-15)12-26(19-9-7-17(23)8-10-19)22(27)20-14-29-21(25-20)11-16-5-3-2-4-6-16/h2-10,13-14H,11-12H2,1H3. The van der Waals surface area contributed by atoms with Crippen molar-refractivity contribution in [3.8, 4) is 0 Å². The maximum Gasteiger partial charge on any atom is 0.278 e. The van der Waals surface area contributed by atoms with Gasteiger partial charge in [0.2, 0.25) is 0 Å². The predicted molar refractivity (Wildman–Crippen MR) is 115 cm³/mol. The highest BCUT2D eigenvalue weighted by Gasteiger charge is 2.22. The Morgan fingerprint density at radius 1 is 1.00 bits per heavy atom. The minimum absolute atomic E-state index is 0.224. The fourth-order valence-corrected chi connectivity index (χ4v) is 4.35. The normalized spacial score (nSPS) is 10.8. The van der Waals surface area contributed by atoms with E-state index in [1.807, 2.05) is 42.6 Å². The molecule has 0 saturated heterocycles. The van der Waals surface area contributed by atoms with Gasteiger partial charge in [0.05, 0.1) is 22.3 Å². The van der Waals surface area contributed by atoms with Gasteiger partial charge >= 0.3 is 0 Å². The molecule has 0 aliphatic rings. The Morgan fingerprint density at radius 2 is 1.76 bits per heavy atom. The van der Waals surface area contributed by atoms with Gasteiger partial charge in [-0.3, -0.25) is 4.79 Å². The molecule has 7 heteroatoms. The number of halogens is 1. The lowest BCUT2D eigenvalue weighted by Gasteiger charge is -2.21. The summed E-state index contributed by atoms with van der Waals surface area (Å²) in [5.74, 6) is -0.567. The molecule has 0 aliphatic heterocycles. The number of anilines is 1. The first kappa shape index (κ1) is 19.4. The van der Waals surface area contributed by atoms with Crippen LogP contribution < -0.4 is 4.90 Å². The second-order valence-electron chi connectivity index (χ2n) is 6.51. The van der Waals surface area contributed by atoms with E-state index in [2.05, 4.69) is 9.97 Å². The number of carbonyl (C=O) groups excluding carboxylic acids is 1. The van der Waals surface area contributed by atoms with Crippen LogP contribution in [-0.2, 0) is 13.0 Å². The van der Waals surface area contributed by atoms with Crippen LogP contribution >= 0.6 is 22.7 Å². The number of amides is 1. The fraction of sp³-hybridized carbons (Fsp3) is 0.136. The van der Waals surface area contributed by atoms with Crippen LogP contribution in [0.15, 0.2) is 65.4 Å². The van der Waals surface area contributed by atoms with Crippen LogP contribution in [0.1, 0.15) is 31.8 Å². The zero-order valence-corrected chi connectivity index (χ0v) is 17.3. The third-order valence-electron chi connectivity index (χ3n) is 4.34. The van der Waals surface area contributed by atoms with E-state index in [-0.39, 0.29) is 11.7 Å². The van der Waals surface area contributed by atoms with E-state index < -0.39 is 0 Å². The Hall–Kier alpha value is -2.90. The molecule has 29 heavy (non-hydrogen) atoms. The van der Waals surface area contributed by atoms with Crippen molar-refractivity contribution in [2.24, 2.45) is 0 Å². The smallest absolute Gasteiger partial charge is 0.278 e. The number of carbonyl (C=O) groups is 1. The Labute approximate surface area is 176 Å². The minimum atomic E-state index is -0.343. The molecular formula is C22H18FN3OS2. The van der Waals surface area contributed by atoms with Crippen LogP contribution in [0.5, 0.6) is 0 Å². The van der Waals surface area contributed by atoms with Crippen LogP contribution in [0.2, 0.25) is 0 Å². The predicted octanol–water partition coefficient (Wildman–Crippen LogP) is 5.48. The van der Waals surface area contributed by atoms with Crippen molar-refractivity contribution in [3.05, 3.63) is 98.1 Å². The molecule has 0 atom stereocenters. The van der Waals surface area contributed by atoms with Crippen molar-refractivity contribution in [2.45, 2.75) is 19.9 Å². The number of hydrogen-bond donors (Lipinski definition) is 0. The van der Waals surface area contributed by atoms with Gasteiger partial charge < -0.3 is 4.90 Å². The molecule has 0 N–H and O–H groups in total. The molecular weight excluding hydrogens is 405 g/mol. The van der Waals surface area contributed by atoms with Crippen molar-refractivity contribution >= 4 is 34.3 Å². The van der Waals surface area contributed by atoms with Crippen LogP contribution in [-0.4, -0.2) is 15.9 Å².